The minimum absolute atomic E-state index is 0.0107. The van der Waals surface area contributed by atoms with Crippen molar-refractivity contribution in [2.75, 3.05) is 0 Å². The maximum atomic E-state index is 13.6. The minimum Gasteiger partial charge on any atom is -0.485 e. The van der Waals surface area contributed by atoms with Gasteiger partial charge < -0.3 is 15.7 Å². The Labute approximate surface area is 205 Å². The third-order valence-electron chi connectivity index (χ3n) is 5.66. The lowest BCUT2D eigenvalue weighted by Gasteiger charge is -2.26. The average Bonchev–Trinajstić information content (AvgIpc) is 3.19. The molecule has 9 heteroatoms. The number of sulfone groups is 1. The van der Waals surface area contributed by atoms with Crippen LogP contribution < -0.4 is 5.73 Å². The molecule has 176 valence electrons. The number of hydrogen-bond acceptors (Lipinski definition) is 5. The van der Waals surface area contributed by atoms with Crippen LogP contribution in [0.5, 0.6) is 0 Å². The van der Waals surface area contributed by atoms with Crippen LogP contribution in [-0.4, -0.2) is 25.1 Å². The van der Waals surface area contributed by atoms with E-state index in [4.69, 9.17) is 15.7 Å². The summed E-state index contributed by atoms with van der Waals surface area (Å²) in [5.41, 5.74) is 6.80. The fourth-order valence-corrected chi connectivity index (χ4v) is 6.05. The molecule has 1 aliphatic rings. The summed E-state index contributed by atoms with van der Waals surface area (Å²) < 4.78 is 47.9. The topological polar surface area (TPSA) is 102 Å². The number of halogens is 2. The van der Waals surface area contributed by atoms with Crippen LogP contribution in [0.15, 0.2) is 92.2 Å². The molecule has 1 atom stereocenters. The van der Waals surface area contributed by atoms with Gasteiger partial charge in [0.15, 0.2) is 5.84 Å². The molecule has 0 spiro atoms. The summed E-state index contributed by atoms with van der Waals surface area (Å²) in [6.07, 6.45) is 0.591. The van der Waals surface area contributed by atoms with Gasteiger partial charge in [0, 0.05) is 28.4 Å². The van der Waals surface area contributed by atoms with Crippen molar-refractivity contribution in [3.63, 3.8) is 0 Å². The van der Waals surface area contributed by atoms with Gasteiger partial charge in [0.1, 0.15) is 17.2 Å². The third-order valence-corrected chi connectivity index (χ3v) is 8.30. The molecule has 1 unspecified atom stereocenters. The van der Waals surface area contributed by atoms with Crippen LogP contribution in [0, 0.1) is 5.82 Å². The van der Waals surface area contributed by atoms with Crippen LogP contribution in [-0.2, 0) is 21.0 Å². The van der Waals surface area contributed by atoms with Gasteiger partial charge in [0.25, 0.3) is 0 Å². The number of nitrogens with zero attached hydrogens (tertiary/aromatic N) is 1. The molecular formula is C25H22BrFN2O4S. The van der Waals surface area contributed by atoms with E-state index in [0.29, 0.717) is 17.5 Å². The van der Waals surface area contributed by atoms with Crippen molar-refractivity contribution in [3.8, 4) is 0 Å². The summed E-state index contributed by atoms with van der Waals surface area (Å²) in [5.74, 6) is -0.357. The van der Waals surface area contributed by atoms with Gasteiger partial charge in [-0.25, -0.2) is 12.8 Å². The fourth-order valence-electron chi connectivity index (χ4n) is 3.95. The first kappa shape index (κ1) is 24.0. The zero-order valence-electron chi connectivity index (χ0n) is 18.2. The summed E-state index contributed by atoms with van der Waals surface area (Å²) in [7, 11) is -3.97. The van der Waals surface area contributed by atoms with Gasteiger partial charge in [0.05, 0.1) is 9.80 Å². The molecule has 34 heavy (non-hydrogen) atoms. The number of hydrogen-bond donors (Lipinski definition) is 2. The lowest BCUT2D eigenvalue weighted by Crippen LogP contribution is -2.27. The maximum absolute atomic E-state index is 13.6. The Morgan fingerprint density at radius 3 is 2.38 bits per heavy atom. The number of oxime groups is 1. The van der Waals surface area contributed by atoms with Gasteiger partial charge in [-0.15, -0.1) is 0 Å². The molecule has 0 radical (unpaired) electrons. The first-order chi connectivity index (χ1) is 16.1. The highest BCUT2D eigenvalue weighted by molar-refractivity contribution is 9.10. The molecular weight excluding hydrogens is 523 g/mol. The number of benzene rings is 3. The van der Waals surface area contributed by atoms with Crippen LogP contribution >= 0.6 is 15.9 Å². The first-order valence-corrected chi connectivity index (χ1v) is 12.7. The third kappa shape index (κ3) is 4.71. The standard InChI is InChI=1S/C25H22BrFN2O4S/c1-25(14-18-4-2-3-5-21(18)26)15-22(34(31,32)20-12-10-19(27)11-13-20)23(33-25)16-6-8-17(9-7-16)24(28)29-30/h2-13,30H,14-15H2,1H3,(H2,28,29). The monoisotopic (exact) mass is 544 g/mol. The van der Waals surface area contributed by atoms with Crippen molar-refractivity contribution in [2.24, 2.45) is 10.9 Å². The van der Waals surface area contributed by atoms with E-state index >= 15 is 0 Å². The summed E-state index contributed by atoms with van der Waals surface area (Å²) in [4.78, 5) is 0.105. The quantitative estimate of drug-likeness (QED) is 0.145. The first-order valence-electron chi connectivity index (χ1n) is 10.4. The highest BCUT2D eigenvalue weighted by Gasteiger charge is 2.43. The van der Waals surface area contributed by atoms with Crippen molar-refractivity contribution in [1.29, 1.82) is 0 Å². The Balaban J connectivity index is 1.79. The Morgan fingerprint density at radius 1 is 1.12 bits per heavy atom. The van der Waals surface area contributed by atoms with Gasteiger partial charge in [-0.2, -0.15) is 0 Å². The van der Waals surface area contributed by atoms with E-state index in [0.717, 1.165) is 22.2 Å². The van der Waals surface area contributed by atoms with E-state index in [1.807, 2.05) is 31.2 Å². The Hall–Kier alpha value is -3.17. The van der Waals surface area contributed by atoms with Crippen LogP contribution in [0.3, 0.4) is 0 Å². The molecule has 0 amide bonds. The van der Waals surface area contributed by atoms with E-state index in [2.05, 4.69) is 21.1 Å². The van der Waals surface area contributed by atoms with Gasteiger partial charge in [-0.05, 0) is 42.8 Å². The number of ether oxygens (including phenoxy) is 1. The van der Waals surface area contributed by atoms with E-state index in [1.165, 1.54) is 12.1 Å². The van der Waals surface area contributed by atoms with E-state index in [9.17, 15) is 12.8 Å². The van der Waals surface area contributed by atoms with Gasteiger partial charge in [-0.1, -0.05) is 63.6 Å². The van der Waals surface area contributed by atoms with Gasteiger partial charge in [-0.3, -0.25) is 0 Å². The maximum Gasteiger partial charge on any atom is 0.206 e. The van der Waals surface area contributed by atoms with Crippen LogP contribution in [0.4, 0.5) is 4.39 Å². The lowest BCUT2D eigenvalue weighted by molar-refractivity contribution is 0.0798. The van der Waals surface area contributed by atoms with Crippen molar-refractivity contribution >= 4 is 37.4 Å². The summed E-state index contributed by atoms with van der Waals surface area (Å²) in [5, 5.41) is 11.9. The molecule has 6 nitrogen and oxygen atoms in total. The molecule has 1 aliphatic heterocycles. The molecule has 1 heterocycles. The molecule has 3 aromatic carbocycles. The van der Waals surface area contributed by atoms with E-state index < -0.39 is 21.3 Å². The fraction of sp³-hybridized carbons (Fsp3) is 0.160. The molecule has 3 aromatic rings. The summed E-state index contributed by atoms with van der Waals surface area (Å²) in [6, 6.07) is 19.0. The largest absolute Gasteiger partial charge is 0.485 e. The molecule has 0 aromatic heterocycles. The van der Waals surface area contributed by atoms with Gasteiger partial charge >= 0.3 is 0 Å². The van der Waals surface area contributed by atoms with Crippen molar-refractivity contribution < 1.29 is 22.8 Å². The second-order valence-electron chi connectivity index (χ2n) is 8.27. The average molecular weight is 545 g/mol. The zero-order chi connectivity index (χ0) is 24.5. The molecule has 0 bridgehead atoms. The molecule has 0 saturated heterocycles. The summed E-state index contributed by atoms with van der Waals surface area (Å²) >= 11 is 3.55. The van der Waals surface area contributed by atoms with Crippen molar-refractivity contribution in [3.05, 3.63) is 105 Å². The van der Waals surface area contributed by atoms with Crippen LogP contribution in [0.2, 0.25) is 0 Å². The van der Waals surface area contributed by atoms with E-state index in [-0.39, 0.29) is 27.8 Å². The van der Waals surface area contributed by atoms with Crippen molar-refractivity contribution in [1.82, 2.24) is 0 Å². The second-order valence-corrected chi connectivity index (χ2v) is 11.1. The van der Waals surface area contributed by atoms with Crippen molar-refractivity contribution in [2.45, 2.75) is 30.3 Å². The lowest BCUT2D eigenvalue weighted by atomic mass is 9.94. The number of amidine groups is 1. The SMILES string of the molecule is CC1(Cc2ccccc2Br)CC(S(=O)(=O)c2ccc(F)cc2)=C(c2ccc(/C(N)=N/O)cc2)O1. The summed E-state index contributed by atoms with van der Waals surface area (Å²) in [6.45, 7) is 1.87. The Bertz CT molecular complexity index is 1390. The number of rotatable bonds is 6. The normalized spacial score (nSPS) is 18.7. The van der Waals surface area contributed by atoms with Crippen LogP contribution in [0.1, 0.15) is 30.0 Å². The number of nitrogens with two attached hydrogens (primary N) is 1. The Morgan fingerprint density at radius 2 is 1.76 bits per heavy atom. The minimum atomic E-state index is -3.97. The smallest absolute Gasteiger partial charge is 0.206 e. The van der Waals surface area contributed by atoms with Gasteiger partial charge in [0.2, 0.25) is 9.84 Å². The zero-order valence-corrected chi connectivity index (χ0v) is 20.6. The second kappa shape index (κ2) is 9.23. The molecule has 0 aliphatic carbocycles. The highest BCUT2D eigenvalue weighted by atomic mass is 79.9. The molecule has 4 rings (SSSR count). The molecule has 3 N–H and O–H groups in total. The molecule has 0 saturated carbocycles. The van der Waals surface area contributed by atoms with E-state index in [1.54, 1.807) is 24.3 Å². The predicted octanol–water partition coefficient (Wildman–Crippen LogP) is 5.25. The predicted molar refractivity (Wildman–Crippen MR) is 131 cm³/mol. The highest BCUT2D eigenvalue weighted by Crippen LogP contribution is 2.45. The van der Waals surface area contributed by atoms with Crippen LogP contribution in [0.25, 0.3) is 5.76 Å². The molecule has 0 fully saturated rings. The Kier molecular flexibility index (Phi) is 6.51.